The van der Waals surface area contributed by atoms with E-state index in [-0.39, 0.29) is 0 Å². The molecule has 0 spiro atoms. The molecule has 1 aliphatic carbocycles. The zero-order valence-electron chi connectivity index (χ0n) is 11.5. The minimum absolute atomic E-state index is 0.503. The van der Waals surface area contributed by atoms with Crippen LogP contribution in [0, 0.1) is 11.3 Å². The molecule has 0 radical (unpaired) electrons. The largest absolute Gasteiger partial charge is 0.306 e. The Bertz CT molecular complexity index is 342. The molecule has 0 bridgehead atoms. The van der Waals surface area contributed by atoms with Crippen LogP contribution in [0.4, 0.5) is 0 Å². The van der Waals surface area contributed by atoms with Gasteiger partial charge in [-0.3, -0.25) is 0 Å². The first-order valence-corrected chi connectivity index (χ1v) is 7.65. The summed E-state index contributed by atoms with van der Waals surface area (Å²) in [7, 11) is 0. The van der Waals surface area contributed by atoms with E-state index in [1.165, 1.54) is 24.1 Å². The monoisotopic (exact) mass is 251 g/mol. The van der Waals surface area contributed by atoms with Gasteiger partial charge in [-0.05, 0) is 49.0 Å². The quantitative estimate of drug-likeness (QED) is 0.827. The van der Waals surface area contributed by atoms with Crippen LogP contribution in [0.2, 0.25) is 0 Å². The molecule has 1 aromatic rings. The van der Waals surface area contributed by atoms with Crippen molar-refractivity contribution in [2.45, 2.75) is 59.0 Å². The highest BCUT2D eigenvalue weighted by Crippen LogP contribution is 2.39. The zero-order valence-corrected chi connectivity index (χ0v) is 12.3. The Morgan fingerprint density at radius 3 is 2.82 bits per heavy atom. The molecule has 17 heavy (non-hydrogen) atoms. The van der Waals surface area contributed by atoms with Gasteiger partial charge in [0.15, 0.2) is 0 Å². The van der Waals surface area contributed by atoms with E-state index in [9.17, 15) is 0 Å². The van der Waals surface area contributed by atoms with E-state index in [1.54, 1.807) is 0 Å². The maximum Gasteiger partial charge on any atom is 0.0388 e. The van der Waals surface area contributed by atoms with Gasteiger partial charge in [0, 0.05) is 17.0 Å². The van der Waals surface area contributed by atoms with E-state index < -0.39 is 0 Å². The zero-order chi connectivity index (χ0) is 12.5. The van der Waals surface area contributed by atoms with Crippen LogP contribution < -0.4 is 5.32 Å². The fourth-order valence-corrected chi connectivity index (χ4v) is 3.88. The maximum atomic E-state index is 3.82. The van der Waals surface area contributed by atoms with Gasteiger partial charge in [0.25, 0.3) is 0 Å². The molecule has 1 aliphatic rings. The van der Waals surface area contributed by atoms with Crippen molar-refractivity contribution in [1.82, 2.24) is 5.32 Å². The van der Waals surface area contributed by atoms with Crippen molar-refractivity contribution < 1.29 is 0 Å². The third kappa shape index (κ3) is 3.32. The second kappa shape index (κ2) is 5.11. The number of hydrogen-bond donors (Lipinski definition) is 1. The maximum absolute atomic E-state index is 3.82. The molecule has 1 fully saturated rings. The summed E-state index contributed by atoms with van der Waals surface area (Å²) in [5.74, 6) is 0.793. The number of nitrogens with one attached hydrogen (secondary N) is 1. The van der Waals surface area contributed by atoms with E-state index in [0.29, 0.717) is 17.5 Å². The van der Waals surface area contributed by atoms with Crippen molar-refractivity contribution in [1.29, 1.82) is 0 Å². The fraction of sp³-hybridized carbons (Fsp3) is 0.733. The van der Waals surface area contributed by atoms with E-state index in [4.69, 9.17) is 0 Å². The van der Waals surface area contributed by atoms with Gasteiger partial charge in [-0.15, -0.1) is 11.3 Å². The predicted octanol–water partition coefficient (Wildman–Crippen LogP) is 4.61. The van der Waals surface area contributed by atoms with Gasteiger partial charge in [0.05, 0.1) is 0 Å². The average Bonchev–Trinajstić information content (AvgIpc) is 2.74. The van der Waals surface area contributed by atoms with Gasteiger partial charge >= 0.3 is 0 Å². The van der Waals surface area contributed by atoms with Crippen molar-refractivity contribution in [2.75, 3.05) is 0 Å². The SMILES string of the molecule is CC1CC(C)(C)CCC1N[C@H](C)c1cccs1. The van der Waals surface area contributed by atoms with Gasteiger partial charge < -0.3 is 5.32 Å². The smallest absolute Gasteiger partial charge is 0.0388 e. The van der Waals surface area contributed by atoms with Gasteiger partial charge in [-0.1, -0.05) is 26.8 Å². The molecule has 1 nitrogen and oxygen atoms in total. The van der Waals surface area contributed by atoms with E-state index in [2.05, 4.69) is 50.5 Å². The van der Waals surface area contributed by atoms with Crippen LogP contribution >= 0.6 is 11.3 Å². The van der Waals surface area contributed by atoms with Gasteiger partial charge in [-0.25, -0.2) is 0 Å². The number of thiophene rings is 1. The molecular formula is C15H25NS. The lowest BCUT2D eigenvalue weighted by Gasteiger charge is -2.40. The molecule has 1 aromatic heterocycles. The molecule has 0 saturated heterocycles. The van der Waals surface area contributed by atoms with Gasteiger partial charge in [0.1, 0.15) is 0 Å². The summed E-state index contributed by atoms with van der Waals surface area (Å²) in [5.41, 5.74) is 0.545. The molecule has 0 amide bonds. The third-order valence-electron chi connectivity index (χ3n) is 4.13. The summed E-state index contributed by atoms with van der Waals surface area (Å²) in [5, 5.41) is 5.99. The van der Waals surface area contributed by atoms with Crippen molar-refractivity contribution >= 4 is 11.3 Å². The summed E-state index contributed by atoms with van der Waals surface area (Å²) in [6.45, 7) is 9.50. The predicted molar refractivity (Wildman–Crippen MR) is 76.5 cm³/mol. The van der Waals surface area contributed by atoms with Crippen LogP contribution in [0.3, 0.4) is 0 Å². The molecule has 2 heteroatoms. The molecule has 1 N–H and O–H groups in total. The van der Waals surface area contributed by atoms with E-state index >= 15 is 0 Å². The first kappa shape index (κ1) is 13.1. The third-order valence-corrected chi connectivity index (χ3v) is 5.18. The Hall–Kier alpha value is -0.340. The van der Waals surface area contributed by atoms with Crippen LogP contribution in [0.5, 0.6) is 0 Å². The minimum atomic E-state index is 0.503. The van der Waals surface area contributed by atoms with E-state index in [0.717, 1.165) is 5.92 Å². The summed E-state index contributed by atoms with van der Waals surface area (Å²) < 4.78 is 0. The Morgan fingerprint density at radius 2 is 2.24 bits per heavy atom. The van der Waals surface area contributed by atoms with Crippen molar-refractivity contribution in [2.24, 2.45) is 11.3 Å². The first-order valence-electron chi connectivity index (χ1n) is 6.77. The van der Waals surface area contributed by atoms with Crippen molar-refractivity contribution in [3.8, 4) is 0 Å². The average molecular weight is 251 g/mol. The van der Waals surface area contributed by atoms with Gasteiger partial charge in [0.2, 0.25) is 0 Å². The summed E-state index contributed by atoms with van der Waals surface area (Å²) in [6.07, 6.45) is 4.03. The highest BCUT2D eigenvalue weighted by Gasteiger charge is 2.32. The van der Waals surface area contributed by atoms with Gasteiger partial charge in [-0.2, -0.15) is 0 Å². The second-order valence-electron chi connectivity index (χ2n) is 6.39. The van der Waals surface area contributed by atoms with E-state index in [1.807, 2.05) is 11.3 Å². The van der Waals surface area contributed by atoms with Crippen LogP contribution in [0.25, 0.3) is 0 Å². The lowest BCUT2D eigenvalue weighted by molar-refractivity contribution is 0.143. The molecule has 3 atom stereocenters. The highest BCUT2D eigenvalue weighted by atomic mass is 32.1. The van der Waals surface area contributed by atoms with Crippen LogP contribution in [0.15, 0.2) is 17.5 Å². The molecule has 1 saturated carbocycles. The molecule has 1 heterocycles. The van der Waals surface area contributed by atoms with Crippen molar-refractivity contribution in [3.63, 3.8) is 0 Å². The Morgan fingerprint density at radius 1 is 1.47 bits per heavy atom. The highest BCUT2D eigenvalue weighted by molar-refractivity contribution is 7.10. The standard InChI is InChI=1S/C15H25NS/c1-11-10-15(3,4)8-7-13(11)16-12(2)14-6-5-9-17-14/h5-6,9,11-13,16H,7-8,10H2,1-4H3/t11?,12-,13?/m1/s1. The normalized spacial score (nSPS) is 30.1. The minimum Gasteiger partial charge on any atom is -0.306 e. The molecule has 96 valence electrons. The molecule has 0 aromatic carbocycles. The first-order chi connectivity index (χ1) is 7.98. The van der Waals surface area contributed by atoms with Crippen LogP contribution in [-0.4, -0.2) is 6.04 Å². The molecule has 2 rings (SSSR count). The fourth-order valence-electron chi connectivity index (χ4n) is 3.14. The molecule has 0 aliphatic heterocycles. The summed E-state index contributed by atoms with van der Waals surface area (Å²) in [4.78, 5) is 1.46. The topological polar surface area (TPSA) is 12.0 Å². The number of hydrogen-bond acceptors (Lipinski definition) is 2. The summed E-state index contributed by atoms with van der Waals surface area (Å²) in [6, 6.07) is 5.58. The Kier molecular flexibility index (Phi) is 3.94. The van der Waals surface area contributed by atoms with Crippen LogP contribution in [0.1, 0.15) is 57.9 Å². The Labute approximate surface area is 110 Å². The second-order valence-corrected chi connectivity index (χ2v) is 7.37. The lowest BCUT2D eigenvalue weighted by Crippen LogP contribution is -2.42. The van der Waals surface area contributed by atoms with Crippen LogP contribution in [-0.2, 0) is 0 Å². The lowest BCUT2D eigenvalue weighted by atomic mass is 9.70. The number of rotatable bonds is 3. The molecular weight excluding hydrogens is 226 g/mol. The van der Waals surface area contributed by atoms with Crippen molar-refractivity contribution in [3.05, 3.63) is 22.4 Å². The molecule has 2 unspecified atom stereocenters. The Balaban J connectivity index is 1.92. The summed E-state index contributed by atoms with van der Waals surface area (Å²) >= 11 is 1.86.